The van der Waals surface area contributed by atoms with Crippen molar-refractivity contribution in [1.82, 2.24) is 15.2 Å². The Morgan fingerprint density at radius 1 is 1.35 bits per heavy atom. The van der Waals surface area contributed by atoms with Gasteiger partial charge in [0.15, 0.2) is 0 Å². The summed E-state index contributed by atoms with van der Waals surface area (Å²) in [6.45, 7) is 3.85. The van der Waals surface area contributed by atoms with Crippen LogP contribution >= 0.6 is 0 Å². The molecule has 1 heterocycles. The molecule has 0 bridgehead atoms. The molecule has 2 rings (SSSR count). The summed E-state index contributed by atoms with van der Waals surface area (Å²) in [4.78, 5) is 0. The molecule has 0 aliphatic carbocycles. The average molecular weight is 280 g/mol. The summed E-state index contributed by atoms with van der Waals surface area (Å²) in [7, 11) is 1.86. The Labute approximate surface area is 116 Å². The Bertz CT molecular complexity index is 622. The van der Waals surface area contributed by atoms with Crippen molar-refractivity contribution in [3.63, 3.8) is 0 Å². The zero-order chi connectivity index (χ0) is 14.9. The number of nitrogens with two attached hydrogens (primary N) is 1. The molecule has 0 fully saturated rings. The van der Waals surface area contributed by atoms with Gasteiger partial charge in [0.2, 0.25) is 0 Å². The Morgan fingerprint density at radius 3 is 2.55 bits per heavy atom. The topological polar surface area (TPSA) is 55.9 Å². The normalized spacial score (nSPS) is 12.7. The Kier molecular flexibility index (Phi) is 4.15. The smallest absolute Gasteiger partial charge is 0.130 e. The molecule has 108 valence electrons. The van der Waals surface area contributed by atoms with Gasteiger partial charge in [-0.2, -0.15) is 5.10 Å². The first kappa shape index (κ1) is 14.6. The molecular formula is C14H18F2N4. The Balaban J connectivity index is 2.33. The monoisotopic (exact) mass is 280 g/mol. The van der Waals surface area contributed by atoms with Crippen LogP contribution in [0.3, 0.4) is 0 Å². The highest BCUT2D eigenvalue weighted by atomic mass is 19.1. The van der Waals surface area contributed by atoms with Crippen molar-refractivity contribution in [2.45, 2.75) is 26.3 Å². The molecule has 3 N–H and O–H groups in total. The first-order chi connectivity index (χ1) is 9.43. The molecule has 6 heteroatoms. The number of benzene rings is 1. The van der Waals surface area contributed by atoms with E-state index in [1.165, 1.54) is 12.1 Å². The van der Waals surface area contributed by atoms with Crippen LogP contribution in [0.2, 0.25) is 0 Å². The van der Waals surface area contributed by atoms with Crippen LogP contribution < -0.4 is 11.3 Å². The molecule has 0 spiro atoms. The van der Waals surface area contributed by atoms with Gasteiger partial charge in [0.05, 0.1) is 11.7 Å². The highest BCUT2D eigenvalue weighted by Crippen LogP contribution is 2.24. The molecule has 0 radical (unpaired) electrons. The van der Waals surface area contributed by atoms with Crippen molar-refractivity contribution in [3.8, 4) is 0 Å². The molecule has 1 aromatic heterocycles. The highest BCUT2D eigenvalue weighted by Gasteiger charge is 2.19. The molecule has 1 aromatic carbocycles. The van der Waals surface area contributed by atoms with Gasteiger partial charge in [0, 0.05) is 24.4 Å². The molecule has 1 atom stereocenters. The molecule has 0 saturated heterocycles. The third kappa shape index (κ3) is 2.71. The lowest BCUT2D eigenvalue weighted by atomic mass is 9.97. The van der Waals surface area contributed by atoms with Crippen LogP contribution in [0.1, 0.15) is 28.6 Å². The SMILES string of the molecule is Cc1nn(C)c(C)c1CC(NN)c1ccc(F)cc1F. The van der Waals surface area contributed by atoms with E-state index in [1.54, 1.807) is 4.68 Å². The number of hydrogen-bond donors (Lipinski definition) is 2. The van der Waals surface area contributed by atoms with E-state index in [0.29, 0.717) is 12.0 Å². The summed E-state index contributed by atoms with van der Waals surface area (Å²) >= 11 is 0. The van der Waals surface area contributed by atoms with Gasteiger partial charge in [-0.1, -0.05) is 6.07 Å². The molecule has 0 aliphatic rings. The van der Waals surface area contributed by atoms with Gasteiger partial charge in [-0.25, -0.2) is 8.78 Å². The van der Waals surface area contributed by atoms with E-state index in [-0.39, 0.29) is 0 Å². The van der Waals surface area contributed by atoms with Gasteiger partial charge < -0.3 is 0 Å². The van der Waals surface area contributed by atoms with Gasteiger partial charge >= 0.3 is 0 Å². The van der Waals surface area contributed by atoms with Gasteiger partial charge in [-0.3, -0.25) is 16.0 Å². The molecule has 2 aromatic rings. The quantitative estimate of drug-likeness (QED) is 0.666. The minimum absolute atomic E-state index is 0.344. The van der Waals surface area contributed by atoms with Crippen molar-refractivity contribution in [2.24, 2.45) is 12.9 Å². The van der Waals surface area contributed by atoms with Crippen LogP contribution in [-0.2, 0) is 13.5 Å². The number of hydrazine groups is 1. The van der Waals surface area contributed by atoms with Crippen LogP contribution in [0.15, 0.2) is 18.2 Å². The average Bonchev–Trinajstić information content (AvgIpc) is 2.62. The minimum Gasteiger partial charge on any atom is -0.272 e. The molecule has 0 saturated carbocycles. The minimum atomic E-state index is -0.604. The first-order valence-electron chi connectivity index (χ1n) is 6.34. The standard InChI is InChI=1S/C14H18F2N4/c1-8-12(9(2)20(3)19-8)7-14(18-17)11-5-4-10(15)6-13(11)16/h4-6,14,18H,7,17H2,1-3H3. The predicted molar refractivity (Wildman–Crippen MR) is 72.8 cm³/mol. The maximum Gasteiger partial charge on any atom is 0.130 e. The van der Waals surface area contributed by atoms with E-state index in [4.69, 9.17) is 5.84 Å². The lowest BCUT2D eigenvalue weighted by Crippen LogP contribution is -2.30. The fourth-order valence-electron chi connectivity index (χ4n) is 2.36. The second kappa shape index (κ2) is 5.68. The molecule has 0 aliphatic heterocycles. The number of rotatable bonds is 4. The largest absolute Gasteiger partial charge is 0.272 e. The fraction of sp³-hybridized carbons (Fsp3) is 0.357. The Morgan fingerprint density at radius 2 is 2.05 bits per heavy atom. The summed E-state index contributed by atoms with van der Waals surface area (Å²) in [5, 5.41) is 4.32. The van der Waals surface area contributed by atoms with Crippen molar-refractivity contribution < 1.29 is 8.78 Å². The lowest BCUT2D eigenvalue weighted by molar-refractivity contribution is 0.501. The van der Waals surface area contributed by atoms with Crippen LogP contribution in [0.25, 0.3) is 0 Å². The summed E-state index contributed by atoms with van der Waals surface area (Å²) in [5.74, 6) is 4.32. The summed E-state index contributed by atoms with van der Waals surface area (Å²) in [6.07, 6.45) is 0.491. The highest BCUT2D eigenvalue weighted by molar-refractivity contribution is 5.29. The van der Waals surface area contributed by atoms with Crippen molar-refractivity contribution >= 4 is 0 Å². The van der Waals surface area contributed by atoms with Crippen molar-refractivity contribution in [2.75, 3.05) is 0 Å². The van der Waals surface area contributed by atoms with Crippen molar-refractivity contribution in [3.05, 3.63) is 52.3 Å². The van der Waals surface area contributed by atoms with Crippen LogP contribution in [0, 0.1) is 25.5 Å². The predicted octanol–water partition coefficient (Wildman–Crippen LogP) is 2.06. The fourth-order valence-corrected chi connectivity index (χ4v) is 2.36. The van der Waals surface area contributed by atoms with E-state index < -0.39 is 17.7 Å². The number of nitrogens with one attached hydrogen (secondary N) is 1. The number of aryl methyl sites for hydroxylation is 2. The third-order valence-corrected chi connectivity index (χ3v) is 3.61. The summed E-state index contributed by atoms with van der Waals surface area (Å²) in [6, 6.07) is 3.07. The molecule has 4 nitrogen and oxygen atoms in total. The molecular weight excluding hydrogens is 262 g/mol. The van der Waals surface area contributed by atoms with E-state index in [2.05, 4.69) is 10.5 Å². The zero-order valence-corrected chi connectivity index (χ0v) is 11.7. The van der Waals surface area contributed by atoms with Gasteiger partial charge in [-0.15, -0.1) is 0 Å². The second-order valence-corrected chi connectivity index (χ2v) is 4.86. The first-order valence-corrected chi connectivity index (χ1v) is 6.34. The maximum atomic E-state index is 13.8. The molecule has 20 heavy (non-hydrogen) atoms. The van der Waals surface area contributed by atoms with Gasteiger partial charge in [0.25, 0.3) is 0 Å². The van der Waals surface area contributed by atoms with Crippen LogP contribution in [0.5, 0.6) is 0 Å². The van der Waals surface area contributed by atoms with Crippen LogP contribution in [0.4, 0.5) is 8.78 Å². The van der Waals surface area contributed by atoms with E-state index in [0.717, 1.165) is 23.0 Å². The van der Waals surface area contributed by atoms with Crippen molar-refractivity contribution in [1.29, 1.82) is 0 Å². The number of hydrogen-bond acceptors (Lipinski definition) is 3. The molecule has 1 unspecified atom stereocenters. The van der Waals surface area contributed by atoms with Crippen LogP contribution in [-0.4, -0.2) is 9.78 Å². The second-order valence-electron chi connectivity index (χ2n) is 4.86. The summed E-state index contributed by atoms with van der Waals surface area (Å²) in [5.41, 5.74) is 5.84. The zero-order valence-electron chi connectivity index (χ0n) is 11.7. The Hall–Kier alpha value is -1.79. The number of aromatic nitrogens is 2. The summed E-state index contributed by atoms with van der Waals surface area (Å²) < 4.78 is 28.6. The van der Waals surface area contributed by atoms with E-state index in [9.17, 15) is 8.78 Å². The van der Waals surface area contributed by atoms with E-state index >= 15 is 0 Å². The third-order valence-electron chi connectivity index (χ3n) is 3.61. The number of halogens is 2. The van der Waals surface area contributed by atoms with Gasteiger partial charge in [-0.05, 0) is 31.9 Å². The molecule has 0 amide bonds. The van der Waals surface area contributed by atoms with Gasteiger partial charge in [0.1, 0.15) is 11.6 Å². The number of nitrogens with zero attached hydrogens (tertiary/aromatic N) is 2. The maximum absolute atomic E-state index is 13.8. The lowest BCUT2D eigenvalue weighted by Gasteiger charge is -2.17. The van der Waals surface area contributed by atoms with E-state index in [1.807, 2.05) is 20.9 Å².